The monoisotopic (exact) mass is 652 g/mol. The maximum atomic E-state index is 2.50. The summed E-state index contributed by atoms with van der Waals surface area (Å²) in [5, 5.41) is 4.95. The van der Waals surface area contributed by atoms with Gasteiger partial charge in [0.15, 0.2) is 0 Å². The Bertz CT molecular complexity index is 1050. The fourth-order valence-electron chi connectivity index (χ4n) is 7.40. The summed E-state index contributed by atoms with van der Waals surface area (Å²) in [4.78, 5) is 0. The molecule has 0 aliphatic rings. The van der Waals surface area contributed by atoms with Gasteiger partial charge in [-0.05, 0) is 118 Å². The number of rotatable bonds is 12. The van der Waals surface area contributed by atoms with Crippen LogP contribution in [0.1, 0.15) is 83.1 Å². The van der Waals surface area contributed by atoms with Crippen LogP contribution in [0.25, 0.3) is 0 Å². The summed E-state index contributed by atoms with van der Waals surface area (Å²) in [6.45, 7) is 29.8. The van der Waals surface area contributed by atoms with Crippen molar-refractivity contribution in [3.05, 3.63) is 72.8 Å². The second-order valence-electron chi connectivity index (χ2n) is 13.5. The van der Waals surface area contributed by atoms with E-state index in [-0.39, 0.29) is 23.5 Å². The Labute approximate surface area is 268 Å². The van der Waals surface area contributed by atoms with Crippen LogP contribution in [0.5, 0.6) is 0 Å². The van der Waals surface area contributed by atoms with Gasteiger partial charge in [0.05, 0.1) is 49.9 Å². The van der Waals surface area contributed by atoms with Gasteiger partial charge in [-0.2, -0.15) is 0 Å². The molecule has 0 heterocycles. The Morgan fingerprint density at radius 3 is 0.756 bits per heavy atom. The van der Waals surface area contributed by atoms with E-state index in [2.05, 4.69) is 156 Å². The third kappa shape index (κ3) is 8.58. The third-order valence-corrected chi connectivity index (χ3v) is 19.2. The van der Waals surface area contributed by atoms with Crippen molar-refractivity contribution in [2.24, 2.45) is 0 Å². The minimum Gasteiger partial charge on any atom is -0.0631 e. The summed E-state index contributed by atoms with van der Waals surface area (Å²) in [6.07, 6.45) is 0. The molecule has 0 nitrogen and oxygen atoms in total. The van der Waals surface area contributed by atoms with Gasteiger partial charge in [0.25, 0.3) is 6.71 Å². The molecule has 0 amide bonds. The zero-order valence-corrected chi connectivity index (χ0v) is 31.8. The molecule has 225 valence electrons. The molecule has 0 aliphatic carbocycles. The molecule has 3 aromatic rings. The van der Waals surface area contributed by atoms with Gasteiger partial charge < -0.3 is 0 Å². The number of benzene rings is 3. The van der Waals surface area contributed by atoms with Crippen molar-refractivity contribution in [3.63, 3.8) is 0 Å². The van der Waals surface area contributed by atoms with Crippen molar-refractivity contribution in [1.29, 1.82) is 0 Å². The normalized spacial score (nSPS) is 12.2. The molecule has 0 saturated heterocycles. The van der Waals surface area contributed by atoms with Gasteiger partial charge in [-0.15, -0.1) is 0 Å². The SMILES string of the molecule is CC(C)[PH+](c1ccccc1B(c1ccccc1[PH+](C(C)C)C(C)C)c1ccccc1[PH+](C(C)C)C(C)C)C(C)C.[Co]. The van der Waals surface area contributed by atoms with Crippen LogP contribution in [-0.4, -0.2) is 40.7 Å². The van der Waals surface area contributed by atoms with Gasteiger partial charge in [-0.1, -0.05) is 54.6 Å². The van der Waals surface area contributed by atoms with Crippen LogP contribution in [0.3, 0.4) is 0 Å². The van der Waals surface area contributed by atoms with Gasteiger partial charge in [0.2, 0.25) is 0 Å². The standard InChI is InChI=1S/C36H54BP3.Co/c1-25(2)38(26(3)4)34-22-16-13-19-31(34)37(32-20-14-17-23-35(32)39(27(5)6)28(7)8)33-21-15-18-24-36(33)40(29(9)10)30(11)12;/h13-30H,1-12H3;/p+3. The predicted molar refractivity (Wildman–Crippen MR) is 199 cm³/mol. The van der Waals surface area contributed by atoms with E-state index in [0.717, 1.165) is 0 Å². The molecule has 1 radical (unpaired) electrons. The minimum absolute atomic E-state index is 0. The molecule has 0 saturated carbocycles. The van der Waals surface area contributed by atoms with Crippen LogP contribution in [0.2, 0.25) is 0 Å². The minimum atomic E-state index is -0.758. The van der Waals surface area contributed by atoms with E-state index in [1.807, 2.05) is 0 Å². The number of hydrogen-bond donors (Lipinski definition) is 0. The number of hydrogen-bond acceptors (Lipinski definition) is 0. The molecule has 0 aromatic heterocycles. The van der Waals surface area contributed by atoms with Crippen molar-refractivity contribution in [2.75, 3.05) is 0 Å². The second-order valence-corrected chi connectivity index (χ2v) is 24.8. The van der Waals surface area contributed by atoms with Crippen LogP contribution in [-0.2, 0) is 16.8 Å². The van der Waals surface area contributed by atoms with Gasteiger partial charge >= 0.3 is 0 Å². The molecule has 0 spiro atoms. The van der Waals surface area contributed by atoms with Gasteiger partial charge in [-0.25, -0.2) is 0 Å². The van der Waals surface area contributed by atoms with Crippen LogP contribution in [0.4, 0.5) is 0 Å². The maximum absolute atomic E-state index is 2.50. The maximum Gasteiger partial charge on any atom is 0.256 e. The zero-order valence-electron chi connectivity index (χ0n) is 27.8. The third-order valence-electron chi connectivity index (χ3n) is 8.48. The van der Waals surface area contributed by atoms with Crippen molar-refractivity contribution in [2.45, 2.75) is 117 Å². The average molecular weight is 653 g/mol. The quantitative estimate of drug-likeness (QED) is 0.144. The molecule has 41 heavy (non-hydrogen) atoms. The Hall–Kier alpha value is -0.479. The van der Waals surface area contributed by atoms with E-state index >= 15 is 0 Å². The Morgan fingerprint density at radius 1 is 0.366 bits per heavy atom. The van der Waals surface area contributed by atoms with Crippen LogP contribution in [0.15, 0.2) is 72.8 Å². The molecule has 5 heteroatoms. The fraction of sp³-hybridized carbons (Fsp3) is 0.500. The summed E-state index contributed by atoms with van der Waals surface area (Å²) < 4.78 is 0. The summed E-state index contributed by atoms with van der Waals surface area (Å²) in [7, 11) is -2.27. The second kappa shape index (κ2) is 16.6. The zero-order chi connectivity index (χ0) is 29.7. The van der Waals surface area contributed by atoms with E-state index in [0.29, 0.717) is 34.0 Å². The summed E-state index contributed by atoms with van der Waals surface area (Å²) in [6, 6.07) is 28.8. The Balaban J connectivity index is 0.00000588. The van der Waals surface area contributed by atoms with E-state index in [1.165, 1.54) is 0 Å². The van der Waals surface area contributed by atoms with E-state index in [4.69, 9.17) is 0 Å². The molecule has 3 rings (SSSR count). The molecule has 0 N–H and O–H groups in total. The molecule has 0 fully saturated rings. The van der Waals surface area contributed by atoms with Crippen LogP contribution < -0.4 is 32.3 Å². The molecule has 0 aliphatic heterocycles. The first-order valence-corrected chi connectivity index (χ1v) is 20.7. The molecule has 3 aromatic carbocycles. The van der Waals surface area contributed by atoms with Gasteiger partial charge in [0, 0.05) is 40.5 Å². The summed E-state index contributed by atoms with van der Waals surface area (Å²) in [5.41, 5.74) is 8.85. The summed E-state index contributed by atoms with van der Waals surface area (Å²) >= 11 is 0. The topological polar surface area (TPSA) is 0 Å². The van der Waals surface area contributed by atoms with Crippen molar-refractivity contribution in [3.8, 4) is 0 Å². The molecule has 0 bridgehead atoms. The van der Waals surface area contributed by atoms with Crippen molar-refractivity contribution < 1.29 is 16.8 Å². The van der Waals surface area contributed by atoms with Crippen LogP contribution >= 0.6 is 23.8 Å². The first kappa shape index (κ1) is 36.7. The fourth-order valence-corrected chi connectivity index (χ4v) is 17.7. The molecular formula is C36H57BCoP3+3. The Morgan fingerprint density at radius 2 is 0.561 bits per heavy atom. The first-order valence-electron chi connectivity index (χ1n) is 15.8. The van der Waals surface area contributed by atoms with Crippen molar-refractivity contribution >= 4 is 62.8 Å². The largest absolute Gasteiger partial charge is 0.256 e. The van der Waals surface area contributed by atoms with Crippen LogP contribution in [0, 0.1) is 0 Å². The summed E-state index contributed by atoms with van der Waals surface area (Å²) in [5.74, 6) is 0. The molecular weight excluding hydrogens is 595 g/mol. The van der Waals surface area contributed by atoms with E-state index in [9.17, 15) is 0 Å². The molecule has 0 unspecified atom stereocenters. The van der Waals surface area contributed by atoms with E-state index in [1.54, 1.807) is 32.3 Å². The average Bonchev–Trinajstić information content (AvgIpc) is 2.86. The van der Waals surface area contributed by atoms with Gasteiger partial charge in [-0.3, -0.25) is 0 Å². The van der Waals surface area contributed by atoms with Crippen molar-refractivity contribution in [1.82, 2.24) is 0 Å². The Kier molecular flexibility index (Phi) is 14.8. The smallest absolute Gasteiger partial charge is 0.0631 e. The predicted octanol–water partition coefficient (Wildman–Crippen LogP) is 7.17. The molecule has 0 atom stereocenters. The van der Waals surface area contributed by atoms with E-state index < -0.39 is 23.8 Å². The first-order chi connectivity index (χ1) is 18.9. The van der Waals surface area contributed by atoms with Gasteiger partial charge in [0.1, 0.15) is 0 Å².